The molecule has 1 aromatic heterocycles. The molecule has 21 heavy (non-hydrogen) atoms. The topological polar surface area (TPSA) is 67.3 Å². The van der Waals surface area contributed by atoms with Gasteiger partial charge in [-0.3, -0.25) is 9.78 Å². The van der Waals surface area contributed by atoms with Crippen molar-refractivity contribution in [1.29, 1.82) is 0 Å². The lowest BCUT2D eigenvalue weighted by Gasteiger charge is -2.24. The van der Waals surface area contributed by atoms with Gasteiger partial charge in [0.15, 0.2) is 9.84 Å². The zero-order valence-electron chi connectivity index (χ0n) is 12.3. The van der Waals surface area contributed by atoms with E-state index in [2.05, 4.69) is 20.9 Å². The van der Waals surface area contributed by atoms with Crippen molar-refractivity contribution < 1.29 is 13.2 Å². The van der Waals surface area contributed by atoms with Crippen molar-refractivity contribution in [2.24, 2.45) is 0 Å². The minimum absolute atomic E-state index is 0.171. The van der Waals surface area contributed by atoms with Crippen LogP contribution in [0.2, 0.25) is 0 Å². The normalized spacial score (nSPS) is 19.8. The monoisotopic (exact) mass is 374 g/mol. The average Bonchev–Trinajstić information content (AvgIpc) is 2.86. The summed E-state index contributed by atoms with van der Waals surface area (Å²) in [5.74, 6) is -0.171. The summed E-state index contributed by atoms with van der Waals surface area (Å²) in [6, 6.07) is 1.70. The summed E-state index contributed by atoms with van der Waals surface area (Å²) in [7, 11) is -3.25. The molecule has 1 saturated heterocycles. The Bertz CT molecular complexity index is 652. The van der Waals surface area contributed by atoms with Gasteiger partial charge in [0.2, 0.25) is 0 Å². The Kier molecular flexibility index (Phi) is 4.44. The Hall–Kier alpha value is -0.950. The number of carbonyl (C=O) groups is 1. The van der Waals surface area contributed by atoms with Crippen molar-refractivity contribution in [1.82, 2.24) is 9.88 Å². The van der Waals surface area contributed by atoms with E-state index < -0.39 is 19.8 Å². The lowest BCUT2D eigenvalue weighted by molar-refractivity contribution is 0.0792. The quantitative estimate of drug-likeness (QED) is 0.796. The molecule has 1 atom stereocenters. The molecule has 0 saturated carbocycles. The van der Waals surface area contributed by atoms with Crippen LogP contribution in [0.5, 0.6) is 0 Å². The van der Waals surface area contributed by atoms with Gasteiger partial charge in [-0.2, -0.15) is 0 Å². The van der Waals surface area contributed by atoms with Gasteiger partial charge in [-0.25, -0.2) is 8.42 Å². The van der Waals surface area contributed by atoms with Crippen molar-refractivity contribution in [2.75, 3.05) is 13.1 Å². The summed E-state index contributed by atoms with van der Waals surface area (Å²) in [6.45, 7) is 5.82. The predicted octanol–water partition coefficient (Wildman–Crippen LogP) is 2.27. The van der Waals surface area contributed by atoms with Gasteiger partial charge in [0.1, 0.15) is 0 Å². The van der Waals surface area contributed by atoms with Crippen LogP contribution in [0.25, 0.3) is 0 Å². The highest BCUT2D eigenvalue weighted by Gasteiger charge is 2.41. The van der Waals surface area contributed by atoms with Gasteiger partial charge >= 0.3 is 0 Å². The Morgan fingerprint density at radius 3 is 2.62 bits per heavy atom. The number of sulfone groups is 1. The molecule has 1 amide bonds. The molecule has 0 N–H and O–H groups in total. The van der Waals surface area contributed by atoms with Gasteiger partial charge < -0.3 is 4.90 Å². The van der Waals surface area contributed by atoms with Crippen LogP contribution in [0.1, 0.15) is 37.6 Å². The Morgan fingerprint density at radius 1 is 1.38 bits per heavy atom. The number of halogens is 1. The highest BCUT2D eigenvalue weighted by Crippen LogP contribution is 2.28. The third-order valence-electron chi connectivity index (χ3n) is 3.68. The Balaban J connectivity index is 2.15. The first-order valence-corrected chi connectivity index (χ1v) is 9.10. The zero-order valence-corrected chi connectivity index (χ0v) is 14.7. The maximum Gasteiger partial charge on any atom is 0.255 e. The van der Waals surface area contributed by atoms with Crippen molar-refractivity contribution >= 4 is 31.7 Å². The maximum atomic E-state index is 12.5. The first kappa shape index (κ1) is 16.4. The molecular weight excluding hydrogens is 356 g/mol. The van der Waals surface area contributed by atoms with Gasteiger partial charge in [0.25, 0.3) is 5.91 Å². The number of carbonyl (C=O) groups excluding carboxylic acids is 1. The third-order valence-corrected chi connectivity index (χ3v) is 7.08. The summed E-state index contributed by atoms with van der Waals surface area (Å²) < 4.78 is 24.8. The Labute approximate surface area is 133 Å². The second-order valence-electron chi connectivity index (χ2n) is 6.21. The number of rotatable bonds is 2. The molecule has 5 nitrogen and oxygen atoms in total. The second-order valence-corrected chi connectivity index (χ2v) is 10.1. The van der Waals surface area contributed by atoms with Crippen LogP contribution in [-0.2, 0) is 9.84 Å². The summed E-state index contributed by atoms with van der Waals surface area (Å²) in [5, 5.41) is -0.485. The molecule has 0 radical (unpaired) electrons. The number of hydrogen-bond donors (Lipinski definition) is 0. The molecule has 1 aromatic rings. The van der Waals surface area contributed by atoms with Crippen LogP contribution in [0.3, 0.4) is 0 Å². The van der Waals surface area contributed by atoms with Crippen LogP contribution in [-0.4, -0.2) is 47.3 Å². The minimum Gasteiger partial charge on any atom is -0.337 e. The molecule has 0 aliphatic carbocycles. The zero-order chi connectivity index (χ0) is 15.8. The van der Waals surface area contributed by atoms with Crippen LogP contribution in [0.15, 0.2) is 22.9 Å². The fourth-order valence-electron chi connectivity index (χ4n) is 2.38. The largest absolute Gasteiger partial charge is 0.337 e. The molecule has 0 aromatic carbocycles. The van der Waals surface area contributed by atoms with Crippen molar-refractivity contribution in [3.05, 3.63) is 28.5 Å². The number of hydrogen-bond acceptors (Lipinski definition) is 4. The van der Waals surface area contributed by atoms with E-state index in [9.17, 15) is 13.2 Å². The standard InChI is InChI=1S/C14H19BrN2O3S/c1-14(2,3)21(19,20)12-4-5-17(9-12)13(18)10-6-11(15)8-16-7-10/h6-8,12H,4-5,9H2,1-3H3. The van der Waals surface area contributed by atoms with Crippen LogP contribution in [0, 0.1) is 0 Å². The number of aromatic nitrogens is 1. The van der Waals surface area contributed by atoms with E-state index in [1.807, 2.05) is 0 Å². The highest BCUT2D eigenvalue weighted by molar-refractivity contribution is 9.10. The van der Waals surface area contributed by atoms with E-state index in [0.29, 0.717) is 18.5 Å². The molecule has 2 heterocycles. The van der Waals surface area contributed by atoms with Crippen LogP contribution < -0.4 is 0 Å². The molecule has 1 unspecified atom stereocenters. The van der Waals surface area contributed by atoms with Gasteiger partial charge in [0, 0.05) is 30.0 Å². The molecule has 0 spiro atoms. The van der Waals surface area contributed by atoms with E-state index in [1.165, 1.54) is 6.20 Å². The SMILES string of the molecule is CC(C)(C)S(=O)(=O)C1CCN(C(=O)c2cncc(Br)c2)C1. The first-order valence-electron chi connectivity index (χ1n) is 6.76. The summed E-state index contributed by atoms with van der Waals surface area (Å²) in [5.41, 5.74) is 0.471. The lowest BCUT2D eigenvalue weighted by atomic mass is 10.2. The molecular formula is C14H19BrN2O3S. The second kappa shape index (κ2) is 5.68. The smallest absolute Gasteiger partial charge is 0.255 e. The summed E-state index contributed by atoms with van der Waals surface area (Å²) in [6.07, 6.45) is 3.60. The van der Waals surface area contributed by atoms with E-state index in [4.69, 9.17) is 0 Å². The van der Waals surface area contributed by atoms with Crippen LogP contribution >= 0.6 is 15.9 Å². The summed E-state index contributed by atoms with van der Waals surface area (Å²) in [4.78, 5) is 18.0. The van der Waals surface area contributed by atoms with Crippen LogP contribution in [0.4, 0.5) is 0 Å². The number of nitrogens with zero attached hydrogens (tertiary/aromatic N) is 2. The fourth-order valence-corrected chi connectivity index (χ4v) is 4.53. The highest BCUT2D eigenvalue weighted by atomic mass is 79.9. The minimum atomic E-state index is -3.25. The molecule has 1 fully saturated rings. The van der Waals surface area contributed by atoms with Gasteiger partial charge in [-0.05, 0) is 49.2 Å². The fraction of sp³-hybridized carbons (Fsp3) is 0.571. The first-order chi connectivity index (χ1) is 9.63. The van der Waals surface area contributed by atoms with E-state index >= 15 is 0 Å². The van der Waals surface area contributed by atoms with Gasteiger partial charge in [-0.15, -0.1) is 0 Å². The predicted molar refractivity (Wildman–Crippen MR) is 84.9 cm³/mol. The summed E-state index contributed by atoms with van der Waals surface area (Å²) >= 11 is 3.28. The third kappa shape index (κ3) is 3.29. The molecule has 2 rings (SSSR count). The van der Waals surface area contributed by atoms with Crippen molar-refractivity contribution in [2.45, 2.75) is 37.2 Å². The average molecular weight is 375 g/mol. The molecule has 7 heteroatoms. The molecule has 1 aliphatic heterocycles. The van der Waals surface area contributed by atoms with E-state index in [-0.39, 0.29) is 12.5 Å². The molecule has 1 aliphatic rings. The number of likely N-dealkylation sites (tertiary alicyclic amines) is 1. The maximum absolute atomic E-state index is 12.5. The number of amides is 1. The lowest BCUT2D eigenvalue weighted by Crippen LogP contribution is -2.39. The van der Waals surface area contributed by atoms with E-state index in [1.54, 1.807) is 37.9 Å². The van der Waals surface area contributed by atoms with Gasteiger partial charge in [0.05, 0.1) is 15.6 Å². The molecule has 116 valence electrons. The Morgan fingerprint density at radius 2 is 2.05 bits per heavy atom. The van der Waals surface area contributed by atoms with Gasteiger partial charge in [-0.1, -0.05) is 0 Å². The van der Waals surface area contributed by atoms with Crippen molar-refractivity contribution in [3.8, 4) is 0 Å². The molecule has 0 bridgehead atoms. The van der Waals surface area contributed by atoms with E-state index in [0.717, 1.165) is 4.47 Å². The number of pyridine rings is 1. The van der Waals surface area contributed by atoms with Crippen molar-refractivity contribution in [3.63, 3.8) is 0 Å².